The van der Waals surface area contributed by atoms with Crippen LogP contribution in [0.2, 0.25) is 0 Å². The van der Waals surface area contributed by atoms with Crippen molar-refractivity contribution in [2.45, 2.75) is 19.9 Å². The van der Waals surface area contributed by atoms with E-state index < -0.39 is 17.9 Å². The Hall–Kier alpha value is -2.37. The summed E-state index contributed by atoms with van der Waals surface area (Å²) >= 11 is 0. The lowest BCUT2D eigenvalue weighted by molar-refractivity contribution is -0.138. The van der Waals surface area contributed by atoms with Crippen molar-refractivity contribution in [3.63, 3.8) is 0 Å². The van der Waals surface area contributed by atoms with Crippen molar-refractivity contribution in [1.29, 1.82) is 0 Å². The maximum absolute atomic E-state index is 11.7. The van der Waals surface area contributed by atoms with E-state index in [1.54, 1.807) is 12.1 Å². The molecule has 1 atom stereocenters. The lowest BCUT2D eigenvalue weighted by Crippen LogP contribution is -2.38. The predicted octanol–water partition coefficient (Wildman–Crippen LogP) is 1.34. The van der Waals surface area contributed by atoms with Gasteiger partial charge in [0.15, 0.2) is 11.3 Å². The van der Waals surface area contributed by atoms with Gasteiger partial charge in [-0.2, -0.15) is 0 Å². The van der Waals surface area contributed by atoms with Crippen LogP contribution in [0.3, 0.4) is 0 Å². The van der Waals surface area contributed by atoms with Crippen LogP contribution in [-0.4, -0.2) is 28.0 Å². The van der Waals surface area contributed by atoms with E-state index in [0.717, 1.165) is 5.69 Å². The molecule has 2 N–H and O–H groups in total. The average molecular weight is 248 g/mol. The number of hydrogen-bond acceptors (Lipinski definition) is 4. The molecule has 2 aromatic rings. The van der Waals surface area contributed by atoms with Crippen LogP contribution in [0.4, 0.5) is 0 Å². The first-order valence-corrected chi connectivity index (χ1v) is 5.38. The van der Waals surface area contributed by atoms with Crippen LogP contribution in [0.15, 0.2) is 22.6 Å². The Kier molecular flexibility index (Phi) is 3.01. The monoisotopic (exact) mass is 248 g/mol. The number of hydrogen-bond donors (Lipinski definition) is 2. The Morgan fingerprint density at radius 1 is 1.44 bits per heavy atom. The molecule has 6 heteroatoms. The normalized spacial score (nSPS) is 12.3. The molecule has 0 unspecified atom stereocenters. The summed E-state index contributed by atoms with van der Waals surface area (Å²) in [6.45, 7) is 3.21. The number of aliphatic carboxylic acids is 1. The summed E-state index contributed by atoms with van der Waals surface area (Å²) in [5, 5.41) is 11.0. The highest BCUT2D eigenvalue weighted by Crippen LogP contribution is 2.17. The fourth-order valence-corrected chi connectivity index (χ4v) is 1.47. The van der Waals surface area contributed by atoms with Gasteiger partial charge in [0.25, 0.3) is 5.91 Å². The first kappa shape index (κ1) is 12.1. The van der Waals surface area contributed by atoms with E-state index in [9.17, 15) is 9.59 Å². The van der Waals surface area contributed by atoms with E-state index >= 15 is 0 Å². The molecule has 0 saturated heterocycles. The molecule has 0 fully saturated rings. The molecule has 2 aromatic heterocycles. The number of furan rings is 1. The molecular weight excluding hydrogens is 236 g/mol. The zero-order valence-electron chi connectivity index (χ0n) is 9.93. The molecule has 0 aliphatic carbocycles. The zero-order chi connectivity index (χ0) is 13.3. The van der Waals surface area contributed by atoms with E-state index in [1.807, 2.05) is 6.92 Å². The number of aryl methyl sites for hydroxylation is 1. The summed E-state index contributed by atoms with van der Waals surface area (Å²) in [5.74, 6) is -1.62. The molecule has 0 radical (unpaired) electrons. The number of carbonyl (C=O) groups excluding carboxylic acids is 1. The van der Waals surface area contributed by atoms with Gasteiger partial charge < -0.3 is 14.8 Å². The summed E-state index contributed by atoms with van der Waals surface area (Å²) in [5.41, 5.74) is 1.88. The van der Waals surface area contributed by atoms with Crippen molar-refractivity contribution >= 4 is 23.0 Å². The van der Waals surface area contributed by atoms with E-state index in [1.165, 1.54) is 13.0 Å². The van der Waals surface area contributed by atoms with Crippen molar-refractivity contribution in [3.05, 3.63) is 29.7 Å². The van der Waals surface area contributed by atoms with Gasteiger partial charge in [0.1, 0.15) is 11.6 Å². The quantitative estimate of drug-likeness (QED) is 0.855. The summed E-state index contributed by atoms with van der Waals surface area (Å²) < 4.78 is 5.30. The van der Waals surface area contributed by atoms with Crippen molar-refractivity contribution < 1.29 is 19.1 Å². The lowest BCUT2D eigenvalue weighted by Gasteiger charge is -2.06. The smallest absolute Gasteiger partial charge is 0.325 e. The molecule has 18 heavy (non-hydrogen) atoms. The largest absolute Gasteiger partial charge is 0.480 e. The Morgan fingerprint density at radius 3 is 2.83 bits per heavy atom. The average Bonchev–Trinajstić information content (AvgIpc) is 2.71. The molecule has 0 saturated carbocycles. The molecular formula is C12H12N2O4. The summed E-state index contributed by atoms with van der Waals surface area (Å²) in [4.78, 5) is 26.5. The van der Waals surface area contributed by atoms with Crippen molar-refractivity contribution in [2.75, 3.05) is 0 Å². The van der Waals surface area contributed by atoms with E-state index in [0.29, 0.717) is 11.1 Å². The highest BCUT2D eigenvalue weighted by molar-refractivity contribution is 5.97. The van der Waals surface area contributed by atoms with Gasteiger partial charge in [-0.05, 0) is 26.0 Å². The van der Waals surface area contributed by atoms with Gasteiger partial charge in [0, 0.05) is 11.8 Å². The van der Waals surface area contributed by atoms with Crippen LogP contribution < -0.4 is 5.32 Å². The standard InChI is InChI=1S/C12H12N2O4/c1-6-3-4-9-8(13-6)5-10(18-9)11(15)14-7(2)12(16)17/h3-5,7H,1-2H3,(H,14,15)(H,16,17)/t7-/m1/s1. The van der Waals surface area contributed by atoms with Crippen molar-refractivity contribution in [1.82, 2.24) is 10.3 Å². The number of nitrogens with zero attached hydrogens (tertiary/aromatic N) is 1. The Balaban J connectivity index is 2.26. The minimum atomic E-state index is -1.10. The first-order chi connectivity index (χ1) is 8.47. The highest BCUT2D eigenvalue weighted by Gasteiger charge is 2.18. The van der Waals surface area contributed by atoms with E-state index in [4.69, 9.17) is 9.52 Å². The van der Waals surface area contributed by atoms with Gasteiger partial charge >= 0.3 is 5.97 Å². The van der Waals surface area contributed by atoms with E-state index in [2.05, 4.69) is 10.3 Å². The maximum atomic E-state index is 11.7. The molecule has 2 rings (SSSR count). The number of pyridine rings is 1. The summed E-state index contributed by atoms with van der Waals surface area (Å²) in [6, 6.07) is 4.01. The van der Waals surface area contributed by atoms with Crippen molar-refractivity contribution in [3.8, 4) is 0 Å². The van der Waals surface area contributed by atoms with Crippen LogP contribution in [0.5, 0.6) is 0 Å². The van der Waals surface area contributed by atoms with Crippen molar-refractivity contribution in [2.24, 2.45) is 0 Å². The van der Waals surface area contributed by atoms with Gasteiger partial charge in [-0.15, -0.1) is 0 Å². The highest BCUT2D eigenvalue weighted by atomic mass is 16.4. The maximum Gasteiger partial charge on any atom is 0.325 e. The summed E-state index contributed by atoms with van der Waals surface area (Å²) in [6.07, 6.45) is 0. The molecule has 2 heterocycles. The fourth-order valence-electron chi connectivity index (χ4n) is 1.47. The topological polar surface area (TPSA) is 92.4 Å². The molecule has 0 aliphatic rings. The Bertz CT molecular complexity index is 618. The number of carboxylic acid groups (broad SMARTS) is 1. The number of carbonyl (C=O) groups is 2. The second-order valence-corrected chi connectivity index (χ2v) is 3.98. The van der Waals surface area contributed by atoms with Gasteiger partial charge in [0.05, 0.1) is 0 Å². The summed E-state index contributed by atoms with van der Waals surface area (Å²) in [7, 11) is 0. The van der Waals surface area contributed by atoms with E-state index in [-0.39, 0.29) is 5.76 Å². The number of carboxylic acids is 1. The third kappa shape index (κ3) is 2.32. The predicted molar refractivity (Wildman–Crippen MR) is 63.3 cm³/mol. The number of nitrogens with one attached hydrogen (secondary N) is 1. The van der Waals surface area contributed by atoms with Crippen LogP contribution in [0.1, 0.15) is 23.2 Å². The third-order valence-corrected chi connectivity index (χ3v) is 2.45. The molecule has 0 aromatic carbocycles. The lowest BCUT2D eigenvalue weighted by atomic mass is 10.3. The van der Waals surface area contributed by atoms with Crippen LogP contribution in [-0.2, 0) is 4.79 Å². The number of aromatic nitrogens is 1. The minimum absolute atomic E-state index is 0.0520. The first-order valence-electron chi connectivity index (χ1n) is 5.38. The molecule has 0 aliphatic heterocycles. The second-order valence-electron chi connectivity index (χ2n) is 3.98. The van der Waals surface area contributed by atoms with Gasteiger partial charge in [-0.1, -0.05) is 0 Å². The molecule has 0 spiro atoms. The number of fused-ring (bicyclic) bond motifs is 1. The number of amides is 1. The third-order valence-electron chi connectivity index (χ3n) is 2.45. The molecule has 0 bridgehead atoms. The van der Waals surface area contributed by atoms with Gasteiger partial charge in [0.2, 0.25) is 0 Å². The SMILES string of the molecule is Cc1ccc2oc(C(=O)N[C@H](C)C(=O)O)cc2n1. The van der Waals surface area contributed by atoms with Gasteiger partial charge in [-0.3, -0.25) is 9.59 Å². The number of rotatable bonds is 3. The van der Waals surface area contributed by atoms with Crippen LogP contribution in [0.25, 0.3) is 11.1 Å². The Morgan fingerprint density at radius 2 is 2.17 bits per heavy atom. The van der Waals surface area contributed by atoms with Crippen LogP contribution in [0, 0.1) is 6.92 Å². The van der Waals surface area contributed by atoms with Crippen LogP contribution >= 0.6 is 0 Å². The van der Waals surface area contributed by atoms with Gasteiger partial charge in [-0.25, -0.2) is 4.98 Å². The zero-order valence-corrected chi connectivity index (χ0v) is 9.93. The fraction of sp³-hybridized carbons (Fsp3) is 0.250. The second kappa shape index (κ2) is 4.48. The Labute approximate surface area is 103 Å². The molecule has 94 valence electrons. The molecule has 1 amide bonds. The minimum Gasteiger partial charge on any atom is -0.480 e. The molecule has 6 nitrogen and oxygen atoms in total.